The number of halogens is 2. The van der Waals surface area contributed by atoms with Gasteiger partial charge in [0.1, 0.15) is 5.82 Å². The van der Waals surface area contributed by atoms with Crippen LogP contribution < -0.4 is 13.8 Å². The van der Waals surface area contributed by atoms with E-state index >= 15 is 0 Å². The smallest absolute Gasteiger partial charge is 0.264 e. The highest BCUT2D eigenvalue weighted by molar-refractivity contribution is 7.92. The van der Waals surface area contributed by atoms with Gasteiger partial charge >= 0.3 is 0 Å². The maximum absolute atomic E-state index is 13.4. The van der Waals surface area contributed by atoms with Crippen molar-refractivity contribution < 1.29 is 22.3 Å². The Balaban J connectivity index is 2.10. The van der Waals surface area contributed by atoms with Crippen molar-refractivity contribution in [1.82, 2.24) is 0 Å². The average Bonchev–Trinajstić information content (AvgIpc) is 2.73. The van der Waals surface area contributed by atoms with Crippen LogP contribution in [0.25, 0.3) is 0 Å². The van der Waals surface area contributed by atoms with Crippen LogP contribution in [0.1, 0.15) is 5.56 Å². The summed E-state index contributed by atoms with van der Waals surface area (Å²) in [6, 6.07) is 16.4. The van der Waals surface area contributed by atoms with Crippen LogP contribution in [0, 0.1) is 5.82 Å². The molecule has 0 atom stereocenters. The van der Waals surface area contributed by atoms with Crippen LogP contribution >= 0.6 is 11.6 Å². The summed E-state index contributed by atoms with van der Waals surface area (Å²) in [6.45, 7) is 0.0480. The van der Waals surface area contributed by atoms with Crippen molar-refractivity contribution in [3.05, 3.63) is 83.1 Å². The molecular weight excluding hydrogens is 417 g/mol. The molecule has 0 heterocycles. The van der Waals surface area contributed by atoms with Gasteiger partial charge in [0, 0.05) is 11.1 Å². The minimum atomic E-state index is -3.99. The predicted molar refractivity (Wildman–Crippen MR) is 111 cm³/mol. The average molecular weight is 436 g/mol. The molecule has 0 aliphatic heterocycles. The number of hydrogen-bond donors (Lipinski definition) is 0. The lowest BCUT2D eigenvalue weighted by molar-refractivity contribution is 0.355. The van der Waals surface area contributed by atoms with Crippen LogP contribution in [0.5, 0.6) is 11.5 Å². The molecule has 152 valence electrons. The Bertz CT molecular complexity index is 1090. The van der Waals surface area contributed by atoms with Gasteiger partial charge in [-0.2, -0.15) is 0 Å². The van der Waals surface area contributed by atoms with Crippen LogP contribution in [0.4, 0.5) is 10.1 Å². The summed E-state index contributed by atoms with van der Waals surface area (Å²) in [5.41, 5.74) is 1.11. The van der Waals surface area contributed by atoms with Crippen molar-refractivity contribution in [3.63, 3.8) is 0 Å². The molecule has 0 aliphatic rings. The Morgan fingerprint density at radius 2 is 1.52 bits per heavy atom. The Morgan fingerprint density at radius 3 is 2.10 bits per heavy atom. The van der Waals surface area contributed by atoms with Crippen molar-refractivity contribution in [2.45, 2.75) is 11.4 Å². The monoisotopic (exact) mass is 435 g/mol. The molecular formula is C21H19ClFNO4S. The molecule has 0 aromatic heterocycles. The molecule has 3 rings (SSSR count). The van der Waals surface area contributed by atoms with Crippen molar-refractivity contribution in [2.24, 2.45) is 0 Å². The fraction of sp³-hybridized carbons (Fsp3) is 0.143. The normalized spacial score (nSPS) is 11.2. The molecule has 0 fully saturated rings. The first-order valence-electron chi connectivity index (χ1n) is 8.60. The highest BCUT2D eigenvalue weighted by Gasteiger charge is 2.26. The summed E-state index contributed by atoms with van der Waals surface area (Å²) < 4.78 is 51.8. The first kappa shape index (κ1) is 21.0. The van der Waals surface area contributed by atoms with Gasteiger partial charge in [-0.05, 0) is 54.1 Å². The van der Waals surface area contributed by atoms with Crippen molar-refractivity contribution in [3.8, 4) is 11.5 Å². The lowest BCUT2D eigenvalue weighted by Gasteiger charge is -2.25. The molecule has 0 amide bonds. The molecule has 29 heavy (non-hydrogen) atoms. The lowest BCUT2D eigenvalue weighted by Crippen LogP contribution is -2.30. The van der Waals surface area contributed by atoms with E-state index in [-0.39, 0.29) is 11.4 Å². The SMILES string of the molecule is COc1ccc(N(Cc2ccc(Cl)cc2)S(=O)(=O)c2ccc(F)cc2)cc1OC. The summed E-state index contributed by atoms with van der Waals surface area (Å²) in [6.07, 6.45) is 0. The Labute approximate surface area is 174 Å². The highest BCUT2D eigenvalue weighted by Crippen LogP contribution is 2.34. The number of anilines is 1. The van der Waals surface area contributed by atoms with Crippen LogP contribution in [-0.4, -0.2) is 22.6 Å². The largest absolute Gasteiger partial charge is 0.493 e. The van der Waals surface area contributed by atoms with Gasteiger partial charge in [0.25, 0.3) is 10.0 Å². The molecule has 0 radical (unpaired) electrons. The van der Waals surface area contributed by atoms with E-state index in [1.54, 1.807) is 42.5 Å². The second-order valence-electron chi connectivity index (χ2n) is 6.13. The van der Waals surface area contributed by atoms with Gasteiger partial charge in [0.05, 0.1) is 31.3 Å². The second-order valence-corrected chi connectivity index (χ2v) is 8.43. The summed E-state index contributed by atoms with van der Waals surface area (Å²) >= 11 is 5.94. The maximum Gasteiger partial charge on any atom is 0.264 e. The van der Waals surface area contributed by atoms with Gasteiger partial charge in [-0.15, -0.1) is 0 Å². The van der Waals surface area contributed by atoms with E-state index in [9.17, 15) is 12.8 Å². The molecule has 8 heteroatoms. The molecule has 0 saturated carbocycles. The Hall–Kier alpha value is -2.77. The molecule has 0 N–H and O–H groups in total. The van der Waals surface area contributed by atoms with Crippen LogP contribution in [0.2, 0.25) is 5.02 Å². The minimum Gasteiger partial charge on any atom is -0.493 e. The molecule has 0 bridgehead atoms. The van der Waals surface area contributed by atoms with Gasteiger partial charge in [-0.25, -0.2) is 12.8 Å². The topological polar surface area (TPSA) is 55.8 Å². The van der Waals surface area contributed by atoms with Crippen molar-refractivity contribution >= 4 is 27.3 Å². The molecule has 0 aliphatic carbocycles. The van der Waals surface area contributed by atoms with E-state index in [0.717, 1.165) is 17.7 Å². The molecule has 3 aromatic rings. The van der Waals surface area contributed by atoms with Crippen molar-refractivity contribution in [1.29, 1.82) is 0 Å². The molecule has 0 spiro atoms. The maximum atomic E-state index is 13.4. The number of benzene rings is 3. The highest BCUT2D eigenvalue weighted by atomic mass is 35.5. The van der Waals surface area contributed by atoms with Gasteiger partial charge < -0.3 is 9.47 Å². The third-order valence-electron chi connectivity index (χ3n) is 4.30. The zero-order valence-electron chi connectivity index (χ0n) is 15.8. The second kappa shape index (κ2) is 8.71. The minimum absolute atomic E-state index is 0.0253. The number of rotatable bonds is 7. The van der Waals surface area contributed by atoms with E-state index in [4.69, 9.17) is 21.1 Å². The van der Waals surface area contributed by atoms with E-state index in [0.29, 0.717) is 22.2 Å². The third kappa shape index (κ3) is 4.63. The summed E-state index contributed by atoms with van der Waals surface area (Å²) in [7, 11) is -1.02. The van der Waals surface area contributed by atoms with Crippen LogP contribution in [-0.2, 0) is 16.6 Å². The van der Waals surface area contributed by atoms with E-state index in [2.05, 4.69) is 0 Å². The number of nitrogens with zero attached hydrogens (tertiary/aromatic N) is 1. The lowest BCUT2D eigenvalue weighted by atomic mass is 10.2. The number of sulfonamides is 1. The van der Waals surface area contributed by atoms with Crippen LogP contribution in [0.15, 0.2) is 71.6 Å². The quantitative estimate of drug-likeness (QED) is 0.530. The van der Waals surface area contributed by atoms with Crippen LogP contribution in [0.3, 0.4) is 0 Å². The number of methoxy groups -OCH3 is 2. The molecule has 5 nitrogen and oxygen atoms in total. The summed E-state index contributed by atoms with van der Waals surface area (Å²) in [5, 5.41) is 0.549. The first-order chi connectivity index (χ1) is 13.8. The summed E-state index contributed by atoms with van der Waals surface area (Å²) in [5.74, 6) is 0.349. The fourth-order valence-electron chi connectivity index (χ4n) is 2.78. The molecule has 3 aromatic carbocycles. The summed E-state index contributed by atoms with van der Waals surface area (Å²) in [4.78, 5) is -0.0253. The predicted octanol–water partition coefficient (Wildman–Crippen LogP) is 4.89. The van der Waals surface area contributed by atoms with Crippen molar-refractivity contribution in [2.75, 3.05) is 18.5 Å². The zero-order chi connectivity index (χ0) is 21.0. The number of hydrogen-bond acceptors (Lipinski definition) is 4. The van der Waals surface area contributed by atoms with Gasteiger partial charge in [0.15, 0.2) is 11.5 Å². The molecule has 0 saturated heterocycles. The van der Waals surface area contributed by atoms with Gasteiger partial charge in [-0.1, -0.05) is 23.7 Å². The Morgan fingerprint density at radius 1 is 0.897 bits per heavy atom. The van der Waals surface area contributed by atoms with E-state index in [1.165, 1.54) is 30.7 Å². The van der Waals surface area contributed by atoms with Gasteiger partial charge in [-0.3, -0.25) is 4.31 Å². The first-order valence-corrected chi connectivity index (χ1v) is 10.4. The standard InChI is InChI=1S/C21H19ClFNO4S/c1-27-20-12-9-18(13-21(20)28-2)24(14-15-3-5-16(22)6-4-15)29(25,26)19-10-7-17(23)8-11-19/h3-13H,14H2,1-2H3. The van der Waals surface area contributed by atoms with Gasteiger partial charge in [0.2, 0.25) is 0 Å². The fourth-order valence-corrected chi connectivity index (χ4v) is 4.36. The molecule has 0 unspecified atom stereocenters. The van der Waals surface area contributed by atoms with E-state index in [1.807, 2.05) is 0 Å². The zero-order valence-corrected chi connectivity index (χ0v) is 17.4. The van der Waals surface area contributed by atoms with E-state index < -0.39 is 15.8 Å². The number of ether oxygens (including phenoxy) is 2. The third-order valence-corrected chi connectivity index (χ3v) is 6.34. The Kier molecular flexibility index (Phi) is 6.30.